The third kappa shape index (κ3) is 8.79. The molecule has 140 valence electrons. The standard InChI is InChI=1S/C12H25N2O6P.2CH4/c1-19-21(17,18)20-9-10-7-11(15)8-14(10)12(16)5-3-2-4-6-13;;/h10-11,15H,2-9,13H2,1H3,(H,17,18);2*1H4/p-1/t10-,11+;;/m0../s1. The number of aliphatic hydroxyl groups excluding tert-OH is 1. The number of carbonyl (C=O) groups excluding carboxylic acids is 1. The van der Waals surface area contributed by atoms with E-state index >= 15 is 0 Å². The largest absolute Gasteiger partial charge is 0.756 e. The lowest BCUT2D eigenvalue weighted by Crippen LogP contribution is -2.38. The number of nitrogens with two attached hydrogens (primary N) is 1. The van der Waals surface area contributed by atoms with Gasteiger partial charge >= 0.3 is 0 Å². The first kappa shape index (κ1) is 24.7. The molecule has 0 aliphatic carbocycles. The molecule has 0 aromatic rings. The van der Waals surface area contributed by atoms with Gasteiger partial charge < -0.3 is 29.7 Å². The molecule has 0 bridgehead atoms. The minimum absolute atomic E-state index is 0. The van der Waals surface area contributed by atoms with Crippen molar-refractivity contribution in [1.82, 2.24) is 4.90 Å². The zero-order valence-corrected chi connectivity index (χ0v) is 13.2. The van der Waals surface area contributed by atoms with Gasteiger partial charge in [0.05, 0.1) is 18.8 Å². The molecule has 0 spiro atoms. The molecule has 0 radical (unpaired) electrons. The first-order valence-corrected chi connectivity index (χ1v) is 8.54. The van der Waals surface area contributed by atoms with E-state index in [9.17, 15) is 19.4 Å². The van der Waals surface area contributed by atoms with E-state index in [4.69, 9.17) is 10.3 Å². The fourth-order valence-electron chi connectivity index (χ4n) is 2.33. The Morgan fingerprint density at radius 2 is 2.04 bits per heavy atom. The summed E-state index contributed by atoms with van der Waals surface area (Å²) in [5.74, 6) is -0.102. The Hall–Kier alpha value is -0.500. The second-order valence-electron chi connectivity index (χ2n) is 5.11. The van der Waals surface area contributed by atoms with Crippen molar-refractivity contribution in [2.45, 2.75) is 59.1 Å². The Kier molecular flexibility index (Phi) is 12.9. The highest BCUT2D eigenvalue weighted by atomic mass is 31.2. The van der Waals surface area contributed by atoms with Gasteiger partial charge in [-0.15, -0.1) is 0 Å². The molecule has 1 aliphatic rings. The zero-order chi connectivity index (χ0) is 15.9. The lowest BCUT2D eigenvalue weighted by Gasteiger charge is -2.27. The van der Waals surface area contributed by atoms with Gasteiger partial charge in [0, 0.05) is 20.1 Å². The highest BCUT2D eigenvalue weighted by Crippen LogP contribution is 2.37. The number of phosphoric acid groups is 1. The molecular weight excluding hydrogens is 323 g/mol. The van der Waals surface area contributed by atoms with Crippen molar-refractivity contribution in [2.24, 2.45) is 5.73 Å². The number of hydrogen-bond donors (Lipinski definition) is 2. The van der Waals surface area contributed by atoms with Crippen LogP contribution < -0.4 is 10.6 Å². The monoisotopic (exact) mass is 355 g/mol. The fraction of sp³-hybridized carbons (Fsp3) is 0.929. The Morgan fingerprint density at radius 3 is 2.61 bits per heavy atom. The molecule has 1 saturated heterocycles. The minimum Gasteiger partial charge on any atom is -0.756 e. The predicted octanol–water partition coefficient (Wildman–Crippen LogP) is 0.871. The van der Waals surface area contributed by atoms with Crippen LogP contribution >= 0.6 is 7.82 Å². The SMILES string of the molecule is C.C.COP(=O)([O-])OC[C@@H]1C[C@@H](O)CN1C(=O)CCCCCN. The lowest BCUT2D eigenvalue weighted by molar-refractivity contribution is -0.224. The summed E-state index contributed by atoms with van der Waals surface area (Å²) in [5, 5.41) is 9.67. The molecule has 9 heteroatoms. The summed E-state index contributed by atoms with van der Waals surface area (Å²) in [7, 11) is -3.30. The van der Waals surface area contributed by atoms with E-state index in [0.717, 1.165) is 26.4 Å². The normalized spacial score (nSPS) is 22.9. The minimum atomic E-state index is -4.32. The average Bonchev–Trinajstić information content (AvgIpc) is 2.82. The van der Waals surface area contributed by atoms with Gasteiger partial charge in [-0.25, -0.2) is 0 Å². The molecule has 8 nitrogen and oxygen atoms in total. The van der Waals surface area contributed by atoms with Gasteiger partial charge in [-0.2, -0.15) is 0 Å². The quantitative estimate of drug-likeness (QED) is 0.464. The fourth-order valence-corrected chi connectivity index (χ4v) is 2.79. The highest BCUT2D eigenvalue weighted by Gasteiger charge is 2.34. The Labute approximate surface area is 139 Å². The number of aliphatic hydroxyl groups is 1. The third-order valence-electron chi connectivity index (χ3n) is 3.46. The molecule has 0 saturated carbocycles. The topological polar surface area (TPSA) is 125 Å². The van der Waals surface area contributed by atoms with Crippen molar-refractivity contribution in [2.75, 3.05) is 26.8 Å². The van der Waals surface area contributed by atoms with Crippen LogP contribution in [-0.2, 0) is 18.4 Å². The molecule has 3 N–H and O–H groups in total. The number of hydrogen-bond acceptors (Lipinski definition) is 7. The van der Waals surface area contributed by atoms with Crippen LogP contribution in [0.15, 0.2) is 0 Å². The molecule has 0 aromatic carbocycles. The van der Waals surface area contributed by atoms with Crippen LogP contribution in [0.5, 0.6) is 0 Å². The summed E-state index contributed by atoms with van der Waals surface area (Å²) < 4.78 is 20.1. The summed E-state index contributed by atoms with van der Waals surface area (Å²) in [5.41, 5.74) is 5.39. The molecule has 1 rings (SSSR count). The van der Waals surface area contributed by atoms with Crippen LogP contribution in [0.1, 0.15) is 47.0 Å². The van der Waals surface area contributed by atoms with Crippen molar-refractivity contribution < 1.29 is 28.4 Å². The lowest BCUT2D eigenvalue weighted by atomic mass is 10.1. The molecule has 23 heavy (non-hydrogen) atoms. The molecule has 1 heterocycles. The zero-order valence-electron chi connectivity index (χ0n) is 12.3. The van der Waals surface area contributed by atoms with Crippen LogP contribution in [0.2, 0.25) is 0 Å². The van der Waals surface area contributed by atoms with Gasteiger partial charge in [0.25, 0.3) is 7.82 Å². The van der Waals surface area contributed by atoms with Crippen LogP contribution in [0.4, 0.5) is 0 Å². The Morgan fingerprint density at radius 1 is 1.39 bits per heavy atom. The van der Waals surface area contributed by atoms with Gasteiger partial charge in [-0.05, 0) is 25.8 Å². The summed E-state index contributed by atoms with van der Waals surface area (Å²) in [6.07, 6.45) is 2.49. The maximum atomic E-state index is 12.1. The van der Waals surface area contributed by atoms with Crippen molar-refractivity contribution in [3.8, 4) is 0 Å². The Bertz CT molecular complexity index is 382. The molecule has 1 unspecified atom stereocenters. The van der Waals surface area contributed by atoms with Crippen molar-refractivity contribution in [3.05, 3.63) is 0 Å². The first-order valence-electron chi connectivity index (χ1n) is 7.08. The summed E-state index contributed by atoms with van der Waals surface area (Å²) in [6, 6.07) is -0.445. The van der Waals surface area contributed by atoms with Gasteiger partial charge in [-0.3, -0.25) is 9.36 Å². The maximum absolute atomic E-state index is 12.1. The Balaban J connectivity index is 0. The van der Waals surface area contributed by atoms with Gasteiger partial charge in [0.15, 0.2) is 0 Å². The summed E-state index contributed by atoms with van der Waals surface area (Å²) in [4.78, 5) is 24.8. The van der Waals surface area contributed by atoms with Crippen molar-refractivity contribution in [1.29, 1.82) is 0 Å². The average molecular weight is 355 g/mol. The first-order chi connectivity index (χ1) is 9.89. The van der Waals surface area contributed by atoms with E-state index in [2.05, 4.69) is 4.52 Å². The smallest absolute Gasteiger partial charge is 0.267 e. The van der Waals surface area contributed by atoms with E-state index in [1.165, 1.54) is 4.90 Å². The third-order valence-corrected chi connectivity index (χ3v) is 4.37. The highest BCUT2D eigenvalue weighted by molar-refractivity contribution is 7.45. The van der Waals surface area contributed by atoms with Crippen LogP contribution in [0.3, 0.4) is 0 Å². The molecule has 1 amide bonds. The van der Waals surface area contributed by atoms with Crippen molar-refractivity contribution in [3.63, 3.8) is 0 Å². The molecular formula is C14H32N2O6P-. The van der Waals surface area contributed by atoms with E-state index in [0.29, 0.717) is 19.4 Å². The second-order valence-corrected chi connectivity index (χ2v) is 6.63. The number of β-amino-alcohol motifs (C(OH)–C–C–N with tert-alkyl or cyclic N) is 1. The van der Waals surface area contributed by atoms with E-state index in [1.54, 1.807) is 0 Å². The van der Waals surface area contributed by atoms with Gasteiger partial charge in [0.2, 0.25) is 5.91 Å². The number of unbranched alkanes of at least 4 members (excludes halogenated alkanes) is 2. The van der Waals surface area contributed by atoms with Gasteiger partial charge in [-0.1, -0.05) is 21.3 Å². The van der Waals surface area contributed by atoms with E-state index < -0.39 is 20.0 Å². The van der Waals surface area contributed by atoms with Crippen LogP contribution in [0.25, 0.3) is 0 Å². The van der Waals surface area contributed by atoms with Gasteiger partial charge in [0.1, 0.15) is 0 Å². The van der Waals surface area contributed by atoms with E-state index in [-0.39, 0.29) is 33.9 Å². The summed E-state index contributed by atoms with van der Waals surface area (Å²) >= 11 is 0. The summed E-state index contributed by atoms with van der Waals surface area (Å²) in [6.45, 7) is 0.614. The molecule has 0 aromatic heterocycles. The van der Waals surface area contributed by atoms with Crippen LogP contribution in [0, 0.1) is 0 Å². The number of phosphoric ester groups is 1. The maximum Gasteiger partial charge on any atom is 0.267 e. The molecule has 1 aliphatic heterocycles. The van der Waals surface area contributed by atoms with E-state index in [1.807, 2.05) is 0 Å². The number of carbonyl (C=O) groups is 1. The molecule has 3 atom stereocenters. The van der Waals surface area contributed by atoms with Crippen molar-refractivity contribution >= 4 is 13.7 Å². The van der Waals surface area contributed by atoms with Crippen LogP contribution in [-0.4, -0.2) is 54.9 Å². The number of nitrogens with zero attached hydrogens (tertiary/aromatic N) is 1. The second kappa shape index (κ2) is 11.9. The molecule has 1 fully saturated rings. The number of likely N-dealkylation sites (tertiary alicyclic amines) is 1. The number of rotatable bonds is 9. The predicted molar refractivity (Wildman–Crippen MR) is 87.7 cm³/mol. The number of amides is 1.